The van der Waals surface area contributed by atoms with Crippen molar-refractivity contribution in [2.45, 2.75) is 18.0 Å². The van der Waals surface area contributed by atoms with Crippen LogP contribution in [0.15, 0.2) is 71.6 Å². The summed E-state index contributed by atoms with van der Waals surface area (Å²) in [5, 5.41) is 2.25. The van der Waals surface area contributed by atoms with Crippen molar-refractivity contribution in [2.75, 3.05) is 23.3 Å². The molecule has 6 nitrogen and oxygen atoms in total. The lowest BCUT2D eigenvalue weighted by Gasteiger charge is -2.26. The van der Waals surface area contributed by atoms with Gasteiger partial charge in [-0.25, -0.2) is 12.8 Å². The number of anilines is 2. The van der Waals surface area contributed by atoms with E-state index in [1.807, 2.05) is 0 Å². The van der Waals surface area contributed by atoms with Gasteiger partial charge in [0, 0.05) is 0 Å². The Morgan fingerprint density at radius 1 is 1.03 bits per heavy atom. The Morgan fingerprint density at radius 3 is 2.38 bits per heavy atom. The normalized spacial score (nSPS) is 11.7. The number of para-hydroxylation sites is 1. The molecule has 0 fully saturated rings. The second-order valence-corrected chi connectivity index (χ2v) is 9.07. The Bertz CT molecular complexity index is 1310. The van der Waals surface area contributed by atoms with Gasteiger partial charge in [-0.3, -0.25) is 9.10 Å². The number of sulfonamides is 1. The SMILES string of the molecule is COc1ccc(C)cc1S(=O)(=O)N(CC(=O)Nc1ccccc1F)c1cccc(C(F)(F)F)c1. The monoisotopic (exact) mass is 496 g/mol. The Morgan fingerprint density at radius 2 is 1.74 bits per heavy atom. The van der Waals surface area contributed by atoms with Gasteiger partial charge in [-0.05, 0) is 55.0 Å². The van der Waals surface area contributed by atoms with Crippen molar-refractivity contribution in [1.82, 2.24) is 0 Å². The lowest BCUT2D eigenvalue weighted by molar-refractivity contribution is -0.137. The maximum Gasteiger partial charge on any atom is 0.416 e. The standard InChI is InChI=1S/C23H20F4N2O4S/c1-15-10-11-20(33-2)21(12-15)34(31,32)29(17-7-5-6-16(13-17)23(25,26)27)14-22(30)28-19-9-4-3-8-18(19)24/h3-13H,14H2,1-2H3,(H,28,30). The number of carbonyl (C=O) groups is 1. The third-order valence-electron chi connectivity index (χ3n) is 4.78. The first kappa shape index (κ1) is 25.0. The zero-order valence-corrected chi connectivity index (χ0v) is 18.9. The van der Waals surface area contributed by atoms with Gasteiger partial charge in [0.2, 0.25) is 5.91 Å². The number of alkyl halides is 3. The Hall–Kier alpha value is -3.60. The molecule has 0 atom stereocenters. The summed E-state index contributed by atoms with van der Waals surface area (Å²) in [5.41, 5.74) is -1.17. The summed E-state index contributed by atoms with van der Waals surface area (Å²) in [5.74, 6) is -1.78. The molecule has 1 amide bonds. The van der Waals surface area contributed by atoms with Gasteiger partial charge in [-0.1, -0.05) is 24.3 Å². The highest BCUT2D eigenvalue weighted by molar-refractivity contribution is 7.93. The van der Waals surface area contributed by atoms with Crippen LogP contribution in [-0.2, 0) is 21.0 Å². The largest absolute Gasteiger partial charge is 0.495 e. The molecule has 0 aliphatic rings. The number of benzene rings is 3. The molecule has 0 aliphatic carbocycles. The zero-order chi connectivity index (χ0) is 25.1. The molecule has 0 aliphatic heterocycles. The van der Waals surface area contributed by atoms with Crippen molar-refractivity contribution in [2.24, 2.45) is 0 Å². The summed E-state index contributed by atoms with van der Waals surface area (Å²) in [6, 6.07) is 13.0. The number of nitrogens with one attached hydrogen (secondary N) is 1. The number of hydrogen-bond acceptors (Lipinski definition) is 4. The Balaban J connectivity index is 2.10. The van der Waals surface area contributed by atoms with Crippen molar-refractivity contribution in [3.63, 3.8) is 0 Å². The van der Waals surface area contributed by atoms with Crippen molar-refractivity contribution < 1.29 is 35.5 Å². The molecule has 0 heterocycles. The van der Waals surface area contributed by atoms with Gasteiger partial charge in [0.15, 0.2) is 0 Å². The van der Waals surface area contributed by atoms with E-state index in [0.29, 0.717) is 15.9 Å². The van der Waals surface area contributed by atoms with Crippen molar-refractivity contribution in [1.29, 1.82) is 0 Å². The van der Waals surface area contributed by atoms with Crippen molar-refractivity contribution in [3.8, 4) is 5.75 Å². The molecule has 0 radical (unpaired) electrons. The van der Waals surface area contributed by atoms with E-state index in [0.717, 1.165) is 24.3 Å². The minimum atomic E-state index is -4.75. The fraction of sp³-hybridized carbons (Fsp3) is 0.174. The summed E-state index contributed by atoms with van der Waals surface area (Å²) >= 11 is 0. The number of nitrogens with zero attached hydrogens (tertiary/aromatic N) is 1. The average molecular weight is 496 g/mol. The number of methoxy groups -OCH3 is 1. The first-order valence-electron chi connectivity index (χ1n) is 9.82. The molecular formula is C23H20F4N2O4S. The molecule has 11 heteroatoms. The van der Waals surface area contributed by atoms with Gasteiger partial charge in [-0.15, -0.1) is 0 Å². The highest BCUT2D eigenvalue weighted by atomic mass is 32.2. The third-order valence-corrected chi connectivity index (χ3v) is 6.58. The van der Waals surface area contributed by atoms with Crippen LogP contribution in [0.2, 0.25) is 0 Å². The van der Waals surface area contributed by atoms with Gasteiger partial charge in [0.25, 0.3) is 10.0 Å². The Kier molecular flexibility index (Phi) is 7.15. The second-order valence-electron chi connectivity index (χ2n) is 7.24. The quantitative estimate of drug-likeness (QED) is 0.468. The smallest absolute Gasteiger partial charge is 0.416 e. The Labute approximate surface area is 193 Å². The van der Waals surface area contributed by atoms with Crippen LogP contribution in [-0.4, -0.2) is 28.0 Å². The van der Waals surface area contributed by atoms with E-state index in [9.17, 15) is 30.8 Å². The van der Waals surface area contributed by atoms with Crippen LogP contribution < -0.4 is 14.4 Å². The molecule has 34 heavy (non-hydrogen) atoms. The van der Waals surface area contributed by atoms with Crippen LogP contribution in [0, 0.1) is 12.7 Å². The summed E-state index contributed by atoms with van der Waals surface area (Å²) < 4.78 is 86.7. The van der Waals surface area contributed by atoms with Crippen molar-refractivity contribution in [3.05, 3.63) is 83.7 Å². The fourth-order valence-electron chi connectivity index (χ4n) is 3.14. The maximum atomic E-state index is 13.9. The minimum absolute atomic E-state index is 0.0583. The zero-order valence-electron chi connectivity index (χ0n) is 18.1. The maximum absolute atomic E-state index is 13.9. The molecule has 1 N–H and O–H groups in total. The van der Waals surface area contributed by atoms with E-state index in [-0.39, 0.29) is 16.3 Å². The molecular weight excluding hydrogens is 476 g/mol. The van der Waals surface area contributed by atoms with E-state index in [1.165, 1.54) is 37.4 Å². The van der Waals surface area contributed by atoms with E-state index >= 15 is 0 Å². The van der Waals surface area contributed by atoms with Crippen LogP contribution in [0.25, 0.3) is 0 Å². The molecule has 0 saturated carbocycles. The van der Waals surface area contributed by atoms with Crippen LogP contribution in [0.1, 0.15) is 11.1 Å². The van der Waals surface area contributed by atoms with E-state index in [4.69, 9.17) is 4.74 Å². The lowest BCUT2D eigenvalue weighted by Crippen LogP contribution is -2.38. The van der Waals surface area contributed by atoms with Crippen LogP contribution in [0.4, 0.5) is 28.9 Å². The number of aryl methyl sites for hydroxylation is 1. The molecule has 3 aromatic carbocycles. The van der Waals surface area contributed by atoms with Gasteiger partial charge in [0.1, 0.15) is 23.0 Å². The van der Waals surface area contributed by atoms with Crippen LogP contribution in [0.5, 0.6) is 5.75 Å². The van der Waals surface area contributed by atoms with E-state index in [1.54, 1.807) is 13.0 Å². The number of carbonyl (C=O) groups excluding carboxylic acids is 1. The fourth-order valence-corrected chi connectivity index (χ4v) is 4.80. The summed E-state index contributed by atoms with van der Waals surface area (Å²) in [7, 11) is -3.35. The lowest BCUT2D eigenvalue weighted by atomic mass is 10.2. The van der Waals surface area contributed by atoms with E-state index < -0.39 is 45.7 Å². The summed E-state index contributed by atoms with van der Waals surface area (Å²) in [6.07, 6.45) is -4.75. The van der Waals surface area contributed by atoms with Gasteiger partial charge in [-0.2, -0.15) is 13.2 Å². The highest BCUT2D eigenvalue weighted by Gasteiger charge is 2.34. The highest BCUT2D eigenvalue weighted by Crippen LogP contribution is 2.35. The molecule has 3 aromatic rings. The number of amides is 1. The molecule has 180 valence electrons. The van der Waals surface area contributed by atoms with Crippen molar-refractivity contribution >= 4 is 27.3 Å². The summed E-state index contributed by atoms with van der Waals surface area (Å²) in [6.45, 7) is 0.701. The average Bonchev–Trinajstić information content (AvgIpc) is 2.78. The minimum Gasteiger partial charge on any atom is -0.495 e. The first-order valence-corrected chi connectivity index (χ1v) is 11.3. The van der Waals surface area contributed by atoms with E-state index in [2.05, 4.69) is 5.32 Å². The number of rotatable bonds is 7. The van der Waals surface area contributed by atoms with Gasteiger partial charge in [0.05, 0.1) is 24.0 Å². The number of hydrogen-bond donors (Lipinski definition) is 1. The predicted octanol–water partition coefficient (Wildman–Crippen LogP) is 5.00. The first-order chi connectivity index (χ1) is 15.9. The molecule has 0 aromatic heterocycles. The van der Waals surface area contributed by atoms with Crippen LogP contribution >= 0.6 is 0 Å². The number of halogens is 4. The predicted molar refractivity (Wildman–Crippen MR) is 119 cm³/mol. The molecule has 0 bridgehead atoms. The second kappa shape index (κ2) is 9.72. The molecule has 0 saturated heterocycles. The molecule has 0 spiro atoms. The number of ether oxygens (including phenoxy) is 1. The van der Waals surface area contributed by atoms with Gasteiger partial charge < -0.3 is 10.1 Å². The van der Waals surface area contributed by atoms with Gasteiger partial charge >= 0.3 is 6.18 Å². The molecule has 0 unspecified atom stereocenters. The van der Waals surface area contributed by atoms with Crippen LogP contribution in [0.3, 0.4) is 0 Å². The summed E-state index contributed by atoms with van der Waals surface area (Å²) in [4.78, 5) is 12.4. The topological polar surface area (TPSA) is 75.7 Å². The molecule has 3 rings (SSSR count). The third kappa shape index (κ3) is 5.48.